The van der Waals surface area contributed by atoms with E-state index in [0.29, 0.717) is 5.41 Å². The Labute approximate surface area is 92.4 Å². The zero-order valence-corrected chi connectivity index (χ0v) is 9.89. The van der Waals surface area contributed by atoms with Crippen molar-refractivity contribution >= 4 is 12.6 Å². The number of piperidine rings is 1. The summed E-state index contributed by atoms with van der Waals surface area (Å²) < 4.78 is 0. The van der Waals surface area contributed by atoms with Crippen LogP contribution in [0.25, 0.3) is 0 Å². The van der Waals surface area contributed by atoms with Crippen LogP contribution in [0.1, 0.15) is 19.3 Å². The minimum absolute atomic E-state index is 0.534. The van der Waals surface area contributed by atoms with Crippen molar-refractivity contribution in [3.05, 3.63) is 12.3 Å². The van der Waals surface area contributed by atoms with E-state index < -0.39 is 0 Å². The van der Waals surface area contributed by atoms with Gasteiger partial charge in [0.25, 0.3) is 0 Å². The van der Waals surface area contributed by atoms with Crippen LogP contribution in [0.2, 0.25) is 0 Å². The lowest BCUT2D eigenvalue weighted by Gasteiger charge is -2.37. The van der Waals surface area contributed by atoms with E-state index in [1.807, 2.05) is 0 Å². The molecule has 2 saturated heterocycles. The summed E-state index contributed by atoms with van der Waals surface area (Å²) in [6.45, 7) is 7.81. The van der Waals surface area contributed by atoms with Crippen LogP contribution in [0.4, 0.5) is 0 Å². The van der Waals surface area contributed by atoms with Crippen LogP contribution < -0.4 is 0 Å². The summed E-state index contributed by atoms with van der Waals surface area (Å²) >= 11 is 4.35. The van der Waals surface area contributed by atoms with Gasteiger partial charge >= 0.3 is 0 Å². The second-order valence-electron chi connectivity index (χ2n) is 4.89. The van der Waals surface area contributed by atoms with Gasteiger partial charge in [0.15, 0.2) is 0 Å². The second-order valence-corrected chi connectivity index (χ2v) is 5.17. The molecule has 0 N–H and O–H groups in total. The van der Waals surface area contributed by atoms with Gasteiger partial charge in [-0.2, -0.15) is 12.6 Å². The van der Waals surface area contributed by atoms with Crippen LogP contribution >= 0.6 is 12.6 Å². The normalized spacial score (nSPS) is 27.6. The SMILES string of the molecule is C=C1CC2(CCN(C)CC2)CN1CS. The maximum absolute atomic E-state index is 4.35. The van der Waals surface area contributed by atoms with Crippen molar-refractivity contribution in [2.75, 3.05) is 32.6 Å². The summed E-state index contributed by atoms with van der Waals surface area (Å²) in [6, 6.07) is 0. The summed E-state index contributed by atoms with van der Waals surface area (Å²) in [4.78, 5) is 4.76. The predicted molar refractivity (Wildman–Crippen MR) is 63.5 cm³/mol. The Morgan fingerprint density at radius 2 is 2.07 bits per heavy atom. The van der Waals surface area contributed by atoms with Crippen LogP contribution in [0, 0.1) is 5.41 Å². The van der Waals surface area contributed by atoms with Crippen LogP contribution in [-0.2, 0) is 0 Å². The van der Waals surface area contributed by atoms with E-state index in [9.17, 15) is 0 Å². The molecule has 0 radical (unpaired) electrons. The van der Waals surface area contributed by atoms with Crippen molar-refractivity contribution in [1.82, 2.24) is 9.80 Å². The van der Waals surface area contributed by atoms with Gasteiger partial charge < -0.3 is 9.80 Å². The summed E-state index contributed by atoms with van der Waals surface area (Å²) in [6.07, 6.45) is 3.85. The topological polar surface area (TPSA) is 6.48 Å². The zero-order valence-electron chi connectivity index (χ0n) is 9.00. The molecule has 0 aliphatic carbocycles. The minimum Gasteiger partial charge on any atom is -0.366 e. The smallest absolute Gasteiger partial charge is 0.0607 e. The first-order valence-electron chi connectivity index (χ1n) is 5.37. The van der Waals surface area contributed by atoms with Gasteiger partial charge in [-0.25, -0.2) is 0 Å². The molecule has 0 unspecified atom stereocenters. The lowest BCUT2D eigenvalue weighted by Crippen LogP contribution is -2.39. The molecule has 80 valence electrons. The third-order valence-electron chi connectivity index (χ3n) is 3.77. The average molecular weight is 212 g/mol. The van der Waals surface area contributed by atoms with E-state index in [1.165, 1.54) is 44.6 Å². The van der Waals surface area contributed by atoms with Gasteiger partial charge in [-0.1, -0.05) is 6.58 Å². The first kappa shape index (κ1) is 10.4. The van der Waals surface area contributed by atoms with Crippen molar-refractivity contribution in [2.45, 2.75) is 19.3 Å². The molecular weight excluding hydrogens is 192 g/mol. The maximum atomic E-state index is 4.35. The molecule has 0 aromatic heterocycles. The highest BCUT2D eigenvalue weighted by Crippen LogP contribution is 2.44. The highest BCUT2D eigenvalue weighted by atomic mass is 32.1. The highest BCUT2D eigenvalue weighted by Gasteiger charge is 2.41. The monoisotopic (exact) mass is 212 g/mol. The van der Waals surface area contributed by atoms with Gasteiger partial charge in [-0.05, 0) is 44.8 Å². The average Bonchev–Trinajstić information content (AvgIpc) is 2.49. The zero-order chi connectivity index (χ0) is 10.2. The van der Waals surface area contributed by atoms with E-state index in [0.717, 1.165) is 5.88 Å². The molecule has 2 rings (SSSR count). The third kappa shape index (κ3) is 1.80. The Morgan fingerprint density at radius 1 is 1.43 bits per heavy atom. The minimum atomic E-state index is 0.534. The molecule has 0 saturated carbocycles. The van der Waals surface area contributed by atoms with Gasteiger partial charge in [0.2, 0.25) is 0 Å². The third-order valence-corrected chi connectivity index (χ3v) is 4.11. The Kier molecular flexibility index (Phi) is 2.80. The number of thiol groups is 1. The van der Waals surface area contributed by atoms with E-state index in [1.54, 1.807) is 0 Å². The molecule has 2 aliphatic rings. The molecule has 1 spiro atoms. The number of rotatable bonds is 1. The first-order valence-corrected chi connectivity index (χ1v) is 6.01. The van der Waals surface area contributed by atoms with Crippen molar-refractivity contribution in [3.63, 3.8) is 0 Å². The maximum Gasteiger partial charge on any atom is 0.0607 e. The Balaban J connectivity index is 2.02. The summed E-state index contributed by atoms with van der Waals surface area (Å²) in [7, 11) is 2.22. The standard InChI is InChI=1S/C11H20N2S/c1-10-7-11(8-13(10)9-14)3-5-12(2)6-4-11/h14H,1,3-9H2,2H3. The largest absolute Gasteiger partial charge is 0.366 e. The molecule has 0 aromatic rings. The number of allylic oxidation sites excluding steroid dienone is 1. The Hall–Kier alpha value is -0.150. The van der Waals surface area contributed by atoms with Crippen molar-refractivity contribution < 1.29 is 0 Å². The Morgan fingerprint density at radius 3 is 2.57 bits per heavy atom. The van der Waals surface area contributed by atoms with Gasteiger partial charge in [-0.3, -0.25) is 0 Å². The molecule has 2 aliphatic heterocycles. The van der Waals surface area contributed by atoms with Crippen molar-refractivity contribution in [2.24, 2.45) is 5.41 Å². The number of nitrogens with zero attached hydrogens (tertiary/aromatic N) is 2. The summed E-state index contributed by atoms with van der Waals surface area (Å²) in [5.74, 6) is 0.830. The number of hydrogen-bond acceptors (Lipinski definition) is 3. The molecule has 0 aromatic carbocycles. The quantitative estimate of drug-likeness (QED) is 0.662. The second kappa shape index (κ2) is 3.78. The van der Waals surface area contributed by atoms with E-state index in [2.05, 4.69) is 36.1 Å². The molecular formula is C11H20N2S. The van der Waals surface area contributed by atoms with Crippen molar-refractivity contribution in [1.29, 1.82) is 0 Å². The molecule has 3 heteroatoms. The van der Waals surface area contributed by atoms with Crippen LogP contribution in [0.3, 0.4) is 0 Å². The summed E-state index contributed by atoms with van der Waals surface area (Å²) in [5, 5.41) is 0. The molecule has 2 heterocycles. The molecule has 0 bridgehead atoms. The van der Waals surface area contributed by atoms with Crippen molar-refractivity contribution in [3.8, 4) is 0 Å². The van der Waals surface area contributed by atoms with Crippen LogP contribution in [0.15, 0.2) is 12.3 Å². The predicted octanol–water partition coefficient (Wildman–Crippen LogP) is 1.81. The number of hydrogen-bond donors (Lipinski definition) is 1. The highest BCUT2D eigenvalue weighted by molar-refractivity contribution is 7.80. The van der Waals surface area contributed by atoms with Gasteiger partial charge in [0.1, 0.15) is 0 Å². The first-order chi connectivity index (χ1) is 6.65. The lowest BCUT2D eigenvalue weighted by atomic mass is 9.77. The fourth-order valence-corrected chi connectivity index (χ4v) is 3.00. The fraction of sp³-hybridized carbons (Fsp3) is 0.818. The molecule has 2 nitrogen and oxygen atoms in total. The summed E-state index contributed by atoms with van der Waals surface area (Å²) in [5.41, 5.74) is 1.83. The van der Waals surface area contributed by atoms with Crippen LogP contribution in [0.5, 0.6) is 0 Å². The lowest BCUT2D eigenvalue weighted by molar-refractivity contribution is 0.129. The van der Waals surface area contributed by atoms with Gasteiger partial charge in [0.05, 0.1) is 5.88 Å². The van der Waals surface area contributed by atoms with Crippen LogP contribution in [-0.4, -0.2) is 42.4 Å². The van der Waals surface area contributed by atoms with E-state index in [4.69, 9.17) is 0 Å². The Bertz CT molecular complexity index is 231. The van der Waals surface area contributed by atoms with E-state index in [-0.39, 0.29) is 0 Å². The fourth-order valence-electron chi connectivity index (χ4n) is 2.70. The van der Waals surface area contributed by atoms with Gasteiger partial charge in [-0.15, -0.1) is 0 Å². The molecule has 14 heavy (non-hydrogen) atoms. The van der Waals surface area contributed by atoms with Gasteiger partial charge in [0, 0.05) is 12.2 Å². The molecule has 2 fully saturated rings. The molecule has 0 amide bonds. The van der Waals surface area contributed by atoms with E-state index >= 15 is 0 Å². The number of likely N-dealkylation sites (tertiary alicyclic amines) is 2. The molecule has 0 atom stereocenters.